The van der Waals surface area contributed by atoms with E-state index in [1.54, 1.807) is 35.1 Å². The Morgan fingerprint density at radius 3 is 2.69 bits per heavy atom. The first kappa shape index (κ1) is 16.8. The first-order chi connectivity index (χ1) is 12.6. The molecule has 2 atom stereocenters. The minimum Gasteiger partial charge on any atom is -0.482 e. The molecule has 9 nitrogen and oxygen atoms in total. The molecule has 0 spiro atoms. The molecule has 2 aliphatic heterocycles. The van der Waals surface area contributed by atoms with Gasteiger partial charge in [-0.2, -0.15) is 5.10 Å². The SMILES string of the molecule is Cn1cc(O[C@@H]2CN(C(=O)c3ccc(N4CCCC4)nn3)C[C@H]2O)cn1. The second-order valence-electron chi connectivity index (χ2n) is 6.75. The van der Waals surface area contributed by atoms with Crippen LogP contribution in [0.4, 0.5) is 5.82 Å². The third-order valence-electron chi connectivity index (χ3n) is 4.79. The van der Waals surface area contributed by atoms with Gasteiger partial charge in [-0.05, 0) is 25.0 Å². The average molecular weight is 358 g/mol. The summed E-state index contributed by atoms with van der Waals surface area (Å²) in [6, 6.07) is 3.53. The number of aliphatic hydroxyl groups excluding tert-OH is 1. The number of aliphatic hydroxyl groups is 1. The van der Waals surface area contributed by atoms with Gasteiger partial charge in [0.2, 0.25) is 0 Å². The Bertz CT molecular complexity index is 771. The molecular weight excluding hydrogens is 336 g/mol. The summed E-state index contributed by atoms with van der Waals surface area (Å²) < 4.78 is 7.36. The van der Waals surface area contributed by atoms with E-state index in [4.69, 9.17) is 4.74 Å². The van der Waals surface area contributed by atoms with E-state index in [0.717, 1.165) is 31.7 Å². The van der Waals surface area contributed by atoms with Crippen LogP contribution in [0.15, 0.2) is 24.5 Å². The second-order valence-corrected chi connectivity index (χ2v) is 6.75. The number of carbonyl (C=O) groups is 1. The fraction of sp³-hybridized carbons (Fsp3) is 0.529. The molecule has 9 heteroatoms. The van der Waals surface area contributed by atoms with E-state index in [1.165, 1.54) is 0 Å². The molecule has 4 heterocycles. The summed E-state index contributed by atoms with van der Waals surface area (Å²) in [5, 5.41) is 22.5. The minimum absolute atomic E-state index is 0.208. The summed E-state index contributed by atoms with van der Waals surface area (Å²) in [5.41, 5.74) is 0.280. The van der Waals surface area contributed by atoms with Crippen molar-refractivity contribution < 1.29 is 14.6 Å². The Hall–Kier alpha value is -2.68. The number of amides is 1. The van der Waals surface area contributed by atoms with Crippen LogP contribution in [0.3, 0.4) is 0 Å². The quantitative estimate of drug-likeness (QED) is 0.826. The normalized spacial score (nSPS) is 22.8. The molecule has 4 rings (SSSR count). The number of β-amino-alcohol motifs (C(OH)–C–C–N with tert-alkyl or cyclic N) is 1. The highest BCUT2D eigenvalue weighted by molar-refractivity contribution is 5.92. The fourth-order valence-electron chi connectivity index (χ4n) is 3.39. The zero-order chi connectivity index (χ0) is 18.1. The minimum atomic E-state index is -0.754. The molecule has 138 valence electrons. The van der Waals surface area contributed by atoms with Crippen molar-refractivity contribution in [2.24, 2.45) is 7.05 Å². The lowest BCUT2D eigenvalue weighted by molar-refractivity contribution is 0.0728. The Morgan fingerprint density at radius 1 is 1.23 bits per heavy atom. The molecule has 0 aromatic carbocycles. The number of rotatable bonds is 4. The molecule has 0 bridgehead atoms. The van der Waals surface area contributed by atoms with Crippen molar-refractivity contribution in [3.63, 3.8) is 0 Å². The number of anilines is 1. The van der Waals surface area contributed by atoms with Gasteiger partial charge in [-0.15, -0.1) is 10.2 Å². The van der Waals surface area contributed by atoms with Crippen LogP contribution in [-0.4, -0.2) is 74.3 Å². The third kappa shape index (κ3) is 3.34. The Kier molecular flexibility index (Phi) is 4.46. The van der Waals surface area contributed by atoms with Crippen LogP contribution >= 0.6 is 0 Å². The van der Waals surface area contributed by atoms with E-state index in [1.807, 2.05) is 6.07 Å². The topological polar surface area (TPSA) is 96.6 Å². The van der Waals surface area contributed by atoms with Gasteiger partial charge in [0, 0.05) is 20.1 Å². The standard InChI is InChI=1S/C17H22N6O3/c1-21-9-12(8-18-21)26-15-11-23(10-14(15)24)17(25)13-4-5-16(20-19-13)22-6-2-3-7-22/h4-5,8-9,14-15,24H,2-3,6-7,10-11H2,1H3/t14-,15-/m1/s1. The molecule has 1 amide bonds. The first-order valence-electron chi connectivity index (χ1n) is 8.81. The van der Waals surface area contributed by atoms with E-state index in [-0.39, 0.29) is 18.1 Å². The molecule has 0 radical (unpaired) electrons. The van der Waals surface area contributed by atoms with Gasteiger partial charge in [-0.3, -0.25) is 9.48 Å². The maximum atomic E-state index is 12.7. The van der Waals surface area contributed by atoms with E-state index in [9.17, 15) is 9.90 Å². The molecular formula is C17H22N6O3. The monoisotopic (exact) mass is 358 g/mol. The highest BCUT2D eigenvalue weighted by atomic mass is 16.5. The summed E-state index contributed by atoms with van der Waals surface area (Å²) in [6.07, 6.45) is 4.38. The fourth-order valence-corrected chi connectivity index (χ4v) is 3.39. The smallest absolute Gasteiger partial charge is 0.274 e. The van der Waals surface area contributed by atoms with Crippen molar-refractivity contribution in [3.05, 3.63) is 30.2 Å². The number of hydrogen-bond donors (Lipinski definition) is 1. The maximum absolute atomic E-state index is 12.7. The number of ether oxygens (including phenoxy) is 1. The van der Waals surface area contributed by atoms with Gasteiger partial charge in [0.25, 0.3) is 5.91 Å². The van der Waals surface area contributed by atoms with Crippen LogP contribution in [0.2, 0.25) is 0 Å². The predicted octanol–water partition coefficient (Wildman–Crippen LogP) is 0.0746. The summed E-state index contributed by atoms with van der Waals surface area (Å²) in [6.45, 7) is 2.46. The van der Waals surface area contributed by atoms with Gasteiger partial charge in [0.1, 0.15) is 12.2 Å². The molecule has 0 unspecified atom stereocenters. The lowest BCUT2D eigenvalue weighted by Crippen LogP contribution is -2.32. The molecule has 2 fully saturated rings. The van der Waals surface area contributed by atoms with Gasteiger partial charge in [0.15, 0.2) is 17.3 Å². The summed E-state index contributed by atoms with van der Waals surface area (Å²) in [7, 11) is 1.79. The number of carbonyl (C=O) groups excluding carboxylic acids is 1. The van der Waals surface area contributed by atoms with Crippen LogP contribution in [0.1, 0.15) is 23.3 Å². The molecule has 26 heavy (non-hydrogen) atoms. The molecule has 2 aromatic heterocycles. The van der Waals surface area contributed by atoms with Gasteiger partial charge in [-0.1, -0.05) is 0 Å². The van der Waals surface area contributed by atoms with Gasteiger partial charge < -0.3 is 19.6 Å². The highest BCUT2D eigenvalue weighted by Gasteiger charge is 2.36. The van der Waals surface area contributed by atoms with Crippen molar-refractivity contribution >= 4 is 11.7 Å². The lowest BCUT2D eigenvalue weighted by Gasteiger charge is -2.17. The summed E-state index contributed by atoms with van der Waals surface area (Å²) in [4.78, 5) is 16.4. The molecule has 0 aliphatic carbocycles. The summed E-state index contributed by atoms with van der Waals surface area (Å²) >= 11 is 0. The van der Waals surface area contributed by atoms with Crippen molar-refractivity contribution in [1.29, 1.82) is 0 Å². The molecule has 0 saturated carbocycles. The largest absolute Gasteiger partial charge is 0.482 e. The van der Waals surface area contributed by atoms with Crippen molar-refractivity contribution in [2.75, 3.05) is 31.1 Å². The van der Waals surface area contributed by atoms with Crippen molar-refractivity contribution in [3.8, 4) is 5.75 Å². The zero-order valence-electron chi connectivity index (χ0n) is 14.7. The van der Waals surface area contributed by atoms with Crippen LogP contribution in [0.25, 0.3) is 0 Å². The van der Waals surface area contributed by atoms with Gasteiger partial charge >= 0.3 is 0 Å². The molecule has 1 N–H and O–H groups in total. The van der Waals surface area contributed by atoms with Crippen molar-refractivity contribution in [2.45, 2.75) is 25.0 Å². The Morgan fingerprint density at radius 2 is 2.04 bits per heavy atom. The van der Waals surface area contributed by atoms with Gasteiger partial charge in [0.05, 0.1) is 25.5 Å². The number of nitrogens with zero attached hydrogens (tertiary/aromatic N) is 6. The molecule has 2 aliphatic rings. The van der Waals surface area contributed by atoms with Crippen LogP contribution in [0.5, 0.6) is 5.75 Å². The van der Waals surface area contributed by atoms with E-state index >= 15 is 0 Å². The maximum Gasteiger partial charge on any atom is 0.274 e. The number of hydrogen-bond acceptors (Lipinski definition) is 7. The van der Waals surface area contributed by atoms with E-state index < -0.39 is 12.2 Å². The van der Waals surface area contributed by atoms with Crippen molar-refractivity contribution in [1.82, 2.24) is 24.9 Å². The van der Waals surface area contributed by atoms with Crippen LogP contribution < -0.4 is 9.64 Å². The summed E-state index contributed by atoms with van der Waals surface area (Å²) in [5.74, 6) is 1.13. The number of aromatic nitrogens is 4. The lowest BCUT2D eigenvalue weighted by atomic mass is 10.3. The van der Waals surface area contributed by atoms with Gasteiger partial charge in [-0.25, -0.2) is 0 Å². The van der Waals surface area contributed by atoms with Crippen LogP contribution in [0, 0.1) is 0 Å². The Labute approximate surface area is 151 Å². The average Bonchev–Trinajstić information content (AvgIpc) is 3.38. The highest BCUT2D eigenvalue weighted by Crippen LogP contribution is 2.21. The molecule has 2 aromatic rings. The number of aryl methyl sites for hydroxylation is 1. The second kappa shape index (κ2) is 6.91. The van der Waals surface area contributed by atoms with E-state index in [0.29, 0.717) is 12.3 Å². The third-order valence-corrected chi connectivity index (χ3v) is 4.79. The van der Waals surface area contributed by atoms with E-state index in [2.05, 4.69) is 20.2 Å². The number of likely N-dealkylation sites (tertiary alicyclic amines) is 1. The zero-order valence-corrected chi connectivity index (χ0v) is 14.7. The van der Waals surface area contributed by atoms with Crippen LogP contribution in [-0.2, 0) is 7.05 Å². The predicted molar refractivity (Wildman–Crippen MR) is 93.0 cm³/mol. The molecule has 2 saturated heterocycles. The Balaban J connectivity index is 1.40. The first-order valence-corrected chi connectivity index (χ1v) is 8.81.